The highest BCUT2D eigenvalue weighted by atomic mass is 19.1. The molecule has 2 aromatic heterocycles. The molecule has 1 fully saturated rings. The van der Waals surface area contributed by atoms with Gasteiger partial charge in [-0.15, -0.1) is 0 Å². The minimum atomic E-state index is -0.462. The molecule has 3 N–H and O–H groups in total. The fourth-order valence-electron chi connectivity index (χ4n) is 3.60. The van der Waals surface area contributed by atoms with E-state index in [4.69, 9.17) is 9.84 Å². The van der Waals surface area contributed by atoms with Crippen LogP contribution in [0.1, 0.15) is 43.9 Å². The largest absolute Gasteiger partial charge is 0.462 e. The molecule has 1 atom stereocenters. The molecule has 194 valence electrons. The molecule has 3 aromatic rings. The second-order valence-electron chi connectivity index (χ2n) is 8.35. The highest BCUT2D eigenvalue weighted by Crippen LogP contribution is 2.22. The van der Waals surface area contributed by atoms with Crippen molar-refractivity contribution in [2.24, 2.45) is 5.10 Å². The van der Waals surface area contributed by atoms with Crippen LogP contribution in [0.4, 0.5) is 27.5 Å². The Labute approximate surface area is 216 Å². The van der Waals surface area contributed by atoms with Gasteiger partial charge < -0.3 is 20.1 Å². The van der Waals surface area contributed by atoms with Crippen LogP contribution in [0.25, 0.3) is 0 Å². The van der Waals surface area contributed by atoms with E-state index in [0.29, 0.717) is 37.9 Å². The van der Waals surface area contributed by atoms with E-state index < -0.39 is 5.82 Å². The number of halogens is 1. The highest BCUT2D eigenvalue weighted by molar-refractivity contribution is 5.78. The Morgan fingerprint density at radius 2 is 1.92 bits per heavy atom. The lowest BCUT2D eigenvalue weighted by molar-refractivity contribution is 0.152. The number of benzene rings is 1. The van der Waals surface area contributed by atoms with Crippen LogP contribution in [0.5, 0.6) is 0 Å². The van der Waals surface area contributed by atoms with Gasteiger partial charge in [0.1, 0.15) is 6.11 Å². The second-order valence-corrected chi connectivity index (χ2v) is 8.35. The molecule has 1 aliphatic heterocycles. The van der Waals surface area contributed by atoms with Gasteiger partial charge in [-0.2, -0.15) is 10.1 Å². The van der Waals surface area contributed by atoms with Crippen LogP contribution in [0.15, 0.2) is 53.9 Å². The number of hydrogen-bond donors (Lipinski definition) is 3. The Morgan fingerprint density at radius 1 is 1.16 bits per heavy atom. The molecule has 10 heteroatoms. The zero-order valence-corrected chi connectivity index (χ0v) is 21.1. The molecule has 3 heterocycles. The van der Waals surface area contributed by atoms with Crippen molar-refractivity contribution in [1.82, 2.24) is 15.0 Å². The van der Waals surface area contributed by atoms with Gasteiger partial charge >= 0.3 is 0 Å². The van der Waals surface area contributed by atoms with E-state index in [1.54, 1.807) is 12.4 Å². The van der Waals surface area contributed by atoms with Crippen molar-refractivity contribution >= 4 is 29.4 Å². The molecule has 1 aromatic carbocycles. The zero-order chi connectivity index (χ0) is 26.5. The Morgan fingerprint density at radius 3 is 2.62 bits per heavy atom. The van der Waals surface area contributed by atoms with E-state index in [1.165, 1.54) is 11.7 Å². The number of aliphatic hydroxyl groups excluding tert-OH is 1. The number of pyridine rings is 1. The lowest BCUT2D eigenvalue weighted by Gasteiger charge is -2.21. The predicted molar refractivity (Wildman–Crippen MR) is 144 cm³/mol. The Hall–Kier alpha value is -4.23. The molecule has 0 spiro atoms. The minimum Gasteiger partial charge on any atom is -0.462 e. The first-order chi connectivity index (χ1) is 18.0. The summed E-state index contributed by atoms with van der Waals surface area (Å²) in [7, 11) is 0. The molecule has 9 nitrogen and oxygen atoms in total. The van der Waals surface area contributed by atoms with Crippen LogP contribution in [0.2, 0.25) is 0 Å². The maximum Gasteiger partial charge on any atom is 0.245 e. The first kappa shape index (κ1) is 27.4. The van der Waals surface area contributed by atoms with Gasteiger partial charge in [0, 0.05) is 25.4 Å². The molecular weight excluding hydrogens is 473 g/mol. The van der Waals surface area contributed by atoms with Crippen molar-refractivity contribution in [2.45, 2.75) is 32.6 Å². The van der Waals surface area contributed by atoms with Crippen LogP contribution >= 0.6 is 0 Å². The normalized spacial score (nSPS) is 14.2. The number of nitrogens with zero attached hydrogens (tertiary/aromatic N) is 5. The molecule has 1 unspecified atom stereocenters. The van der Waals surface area contributed by atoms with Crippen LogP contribution in [-0.2, 0) is 4.74 Å². The van der Waals surface area contributed by atoms with Crippen molar-refractivity contribution in [3.63, 3.8) is 0 Å². The van der Waals surface area contributed by atoms with Crippen LogP contribution in [0.3, 0.4) is 0 Å². The molecule has 1 aliphatic rings. The van der Waals surface area contributed by atoms with Gasteiger partial charge in [-0.05, 0) is 48.6 Å². The average molecular weight is 506 g/mol. The molecule has 37 heavy (non-hydrogen) atoms. The summed E-state index contributed by atoms with van der Waals surface area (Å²) in [5.74, 6) is 0.565. The van der Waals surface area contributed by atoms with Crippen molar-refractivity contribution in [3.05, 3.63) is 65.9 Å². The quantitative estimate of drug-likeness (QED) is 0.226. The zero-order valence-electron chi connectivity index (χ0n) is 21.1. The van der Waals surface area contributed by atoms with Crippen molar-refractivity contribution in [2.75, 3.05) is 41.9 Å². The summed E-state index contributed by atoms with van der Waals surface area (Å²) in [6, 6.07) is 12.3. The van der Waals surface area contributed by atoms with E-state index in [-0.39, 0.29) is 11.8 Å². The number of aliphatic hydroxyl groups is 1. The third-order valence-electron chi connectivity index (χ3n) is 5.78. The van der Waals surface area contributed by atoms with E-state index in [2.05, 4.69) is 75.3 Å². The summed E-state index contributed by atoms with van der Waals surface area (Å²) < 4.78 is 19.7. The Bertz CT molecular complexity index is 1170. The number of rotatable bonds is 8. The first-order valence-electron chi connectivity index (χ1n) is 12.1. The van der Waals surface area contributed by atoms with Gasteiger partial charge in [0.05, 0.1) is 36.6 Å². The molecular formula is C27H32FN7O2. The van der Waals surface area contributed by atoms with Gasteiger partial charge in [-0.3, -0.25) is 4.98 Å². The third kappa shape index (κ3) is 8.44. The molecule has 0 radical (unpaired) electrons. The van der Waals surface area contributed by atoms with Gasteiger partial charge in [0.2, 0.25) is 5.95 Å². The topological polar surface area (TPSA) is 108 Å². The Balaban J connectivity index is 0.00000121. The lowest BCUT2D eigenvalue weighted by Crippen LogP contribution is -2.28. The second kappa shape index (κ2) is 14.4. The fraction of sp³-hybridized carbons (Fsp3) is 0.333. The highest BCUT2D eigenvalue weighted by Gasteiger charge is 2.16. The summed E-state index contributed by atoms with van der Waals surface area (Å²) in [4.78, 5) is 14.5. The monoisotopic (exact) mass is 505 g/mol. The van der Waals surface area contributed by atoms with Gasteiger partial charge in [0.15, 0.2) is 11.6 Å². The maximum atomic E-state index is 14.2. The van der Waals surface area contributed by atoms with Gasteiger partial charge in [-0.25, -0.2) is 14.8 Å². The molecule has 0 aliphatic carbocycles. The van der Waals surface area contributed by atoms with Gasteiger partial charge in [0.25, 0.3) is 0 Å². The number of terminal acetylenes is 1. The summed E-state index contributed by atoms with van der Waals surface area (Å²) in [5.41, 5.74) is 6.65. The van der Waals surface area contributed by atoms with E-state index in [1.807, 2.05) is 17.0 Å². The molecule has 0 saturated carbocycles. The average Bonchev–Trinajstić information content (AvgIpc) is 3.21. The molecule has 1 saturated heterocycles. The number of ether oxygens (including phenoxy) is 1. The summed E-state index contributed by atoms with van der Waals surface area (Å²) >= 11 is 0. The molecule has 4 rings (SSSR count). The standard InChI is InChI=1S/C25H30FN7O.C2H2O/c1-3-18(2)19-5-7-20(8-6-19)30-22-10-9-21(27-15-22)16-29-32-25-28-17-23(26)24(31-25)33-11-4-13-34-14-12-33;1-2-3/h5-10,15-18,30H,3-4,11-14H2,1-2H3,(H,28,31,32);1,3H/b29-16+;. The van der Waals surface area contributed by atoms with Crippen molar-refractivity contribution in [3.8, 4) is 12.5 Å². The van der Waals surface area contributed by atoms with Crippen LogP contribution in [0, 0.1) is 18.3 Å². The van der Waals surface area contributed by atoms with E-state index >= 15 is 0 Å². The smallest absolute Gasteiger partial charge is 0.245 e. The summed E-state index contributed by atoms with van der Waals surface area (Å²) in [6.45, 7) is 6.91. The number of hydrogen-bond acceptors (Lipinski definition) is 9. The van der Waals surface area contributed by atoms with E-state index in [9.17, 15) is 4.39 Å². The Kier molecular flexibility index (Phi) is 10.6. The SMILES string of the molecule is C#CO.CCC(C)c1ccc(Nc2ccc(/C=N/Nc3ncc(F)c(N4CCCOCC4)n3)nc2)cc1. The minimum absolute atomic E-state index is 0.219. The first-order valence-corrected chi connectivity index (χ1v) is 12.1. The van der Waals surface area contributed by atoms with Gasteiger partial charge in [-0.1, -0.05) is 32.4 Å². The molecule has 0 amide bonds. The van der Waals surface area contributed by atoms with E-state index in [0.717, 1.165) is 30.4 Å². The van der Waals surface area contributed by atoms with Crippen LogP contribution < -0.4 is 15.6 Å². The number of nitrogens with one attached hydrogen (secondary N) is 2. The summed E-state index contributed by atoms with van der Waals surface area (Å²) in [5, 5.41) is 14.6. The lowest BCUT2D eigenvalue weighted by atomic mass is 9.99. The van der Waals surface area contributed by atoms with Crippen molar-refractivity contribution < 1.29 is 14.2 Å². The number of anilines is 4. The number of hydrazone groups is 1. The van der Waals surface area contributed by atoms with Crippen LogP contribution in [-0.4, -0.2) is 52.6 Å². The fourth-order valence-corrected chi connectivity index (χ4v) is 3.60. The maximum absolute atomic E-state index is 14.2. The predicted octanol–water partition coefficient (Wildman–Crippen LogP) is 4.89. The van der Waals surface area contributed by atoms with Crippen molar-refractivity contribution in [1.29, 1.82) is 0 Å². The molecule has 0 bridgehead atoms. The summed E-state index contributed by atoms with van der Waals surface area (Å²) in [6.07, 6.45) is 11.8. The third-order valence-corrected chi connectivity index (χ3v) is 5.78. The number of aromatic nitrogens is 3.